The molecule has 128 valence electrons. The second-order valence-corrected chi connectivity index (χ2v) is 6.48. The molecule has 0 aliphatic carbocycles. The molecule has 4 heteroatoms. The summed E-state index contributed by atoms with van der Waals surface area (Å²) in [5, 5.41) is 13.0. The highest BCUT2D eigenvalue weighted by atomic mass is 35.5. The maximum Gasteiger partial charge on any atom is 0.0726 e. The first-order valence-electron chi connectivity index (χ1n) is 8.35. The van der Waals surface area contributed by atoms with Gasteiger partial charge in [-0.2, -0.15) is 0 Å². The molecular formula is C21H21ClN2O. The van der Waals surface area contributed by atoms with Crippen LogP contribution in [-0.4, -0.2) is 16.7 Å². The molecule has 0 bridgehead atoms. The zero-order valence-corrected chi connectivity index (χ0v) is 14.9. The maximum atomic E-state index is 8.91. The molecule has 0 amide bonds. The Balaban J connectivity index is 1.81. The van der Waals surface area contributed by atoms with Crippen molar-refractivity contribution in [1.29, 1.82) is 0 Å². The number of halogens is 1. The molecule has 0 aliphatic heterocycles. The Hall–Kier alpha value is -2.36. The minimum Gasteiger partial charge on any atom is -0.396 e. The zero-order chi connectivity index (χ0) is 17.6. The standard InChI is InChI=1S/C21H21ClN2O/c1-15-12-20(14-21(23-15)17-5-2-6-18(22)13-17)24-19-9-7-16(8-10-19)4-3-11-25/h2,5-10,12-14,25H,3-4,11H2,1H3,(H,23,24). The summed E-state index contributed by atoms with van der Waals surface area (Å²) in [5.74, 6) is 0. The lowest BCUT2D eigenvalue weighted by molar-refractivity contribution is 0.288. The van der Waals surface area contributed by atoms with E-state index in [0.29, 0.717) is 5.02 Å². The predicted molar refractivity (Wildman–Crippen MR) is 105 cm³/mol. The second kappa shape index (κ2) is 8.15. The lowest BCUT2D eigenvalue weighted by Gasteiger charge is -2.11. The van der Waals surface area contributed by atoms with Crippen LogP contribution in [0.4, 0.5) is 11.4 Å². The molecule has 3 aromatic rings. The first kappa shape index (κ1) is 17.5. The quantitative estimate of drug-likeness (QED) is 0.626. The fourth-order valence-electron chi connectivity index (χ4n) is 2.74. The van der Waals surface area contributed by atoms with Gasteiger partial charge in [-0.3, -0.25) is 4.98 Å². The topological polar surface area (TPSA) is 45.1 Å². The van der Waals surface area contributed by atoms with Gasteiger partial charge in [0.15, 0.2) is 0 Å². The highest BCUT2D eigenvalue weighted by Gasteiger charge is 2.05. The van der Waals surface area contributed by atoms with E-state index in [-0.39, 0.29) is 6.61 Å². The van der Waals surface area contributed by atoms with Crippen molar-refractivity contribution in [2.24, 2.45) is 0 Å². The molecule has 3 nitrogen and oxygen atoms in total. The van der Waals surface area contributed by atoms with Crippen LogP contribution in [0.1, 0.15) is 17.7 Å². The monoisotopic (exact) mass is 352 g/mol. The van der Waals surface area contributed by atoms with Crippen molar-refractivity contribution < 1.29 is 5.11 Å². The largest absolute Gasteiger partial charge is 0.396 e. The van der Waals surface area contributed by atoms with Crippen LogP contribution in [0.3, 0.4) is 0 Å². The minimum absolute atomic E-state index is 0.225. The van der Waals surface area contributed by atoms with Crippen LogP contribution in [0.2, 0.25) is 5.02 Å². The number of aliphatic hydroxyl groups excluding tert-OH is 1. The number of nitrogens with one attached hydrogen (secondary N) is 1. The molecule has 2 N–H and O–H groups in total. The zero-order valence-electron chi connectivity index (χ0n) is 14.2. The van der Waals surface area contributed by atoms with Crippen molar-refractivity contribution in [3.8, 4) is 11.3 Å². The Bertz CT molecular complexity index is 847. The van der Waals surface area contributed by atoms with E-state index in [0.717, 1.165) is 41.2 Å². The molecule has 0 unspecified atom stereocenters. The average Bonchev–Trinajstić information content (AvgIpc) is 2.61. The molecule has 1 heterocycles. The molecule has 0 radical (unpaired) electrons. The number of hydrogen-bond acceptors (Lipinski definition) is 3. The van der Waals surface area contributed by atoms with Crippen LogP contribution in [0.15, 0.2) is 60.7 Å². The van der Waals surface area contributed by atoms with Gasteiger partial charge in [-0.15, -0.1) is 0 Å². The number of aryl methyl sites for hydroxylation is 2. The molecular weight excluding hydrogens is 332 g/mol. The van der Waals surface area contributed by atoms with Gasteiger partial charge in [0.25, 0.3) is 0 Å². The van der Waals surface area contributed by atoms with Crippen LogP contribution >= 0.6 is 11.6 Å². The molecule has 0 fully saturated rings. The van der Waals surface area contributed by atoms with Gasteiger partial charge in [-0.1, -0.05) is 35.9 Å². The molecule has 0 spiro atoms. The smallest absolute Gasteiger partial charge is 0.0726 e. The van der Waals surface area contributed by atoms with E-state index in [1.54, 1.807) is 0 Å². The van der Waals surface area contributed by atoms with Crippen LogP contribution in [0, 0.1) is 6.92 Å². The van der Waals surface area contributed by atoms with Crippen molar-refractivity contribution in [1.82, 2.24) is 4.98 Å². The molecule has 0 atom stereocenters. The Morgan fingerprint density at radius 2 is 1.80 bits per heavy atom. The third kappa shape index (κ3) is 4.81. The van der Waals surface area contributed by atoms with E-state index < -0.39 is 0 Å². The summed E-state index contributed by atoms with van der Waals surface area (Å²) in [7, 11) is 0. The highest BCUT2D eigenvalue weighted by Crippen LogP contribution is 2.26. The SMILES string of the molecule is Cc1cc(Nc2ccc(CCCO)cc2)cc(-c2cccc(Cl)c2)n1. The van der Waals surface area contributed by atoms with Crippen LogP contribution < -0.4 is 5.32 Å². The number of rotatable bonds is 6. The molecule has 0 aliphatic rings. The third-order valence-electron chi connectivity index (χ3n) is 3.94. The average molecular weight is 353 g/mol. The maximum absolute atomic E-state index is 8.91. The number of aliphatic hydroxyl groups is 1. The lowest BCUT2D eigenvalue weighted by atomic mass is 10.1. The van der Waals surface area contributed by atoms with Crippen molar-refractivity contribution in [2.75, 3.05) is 11.9 Å². The summed E-state index contributed by atoms with van der Waals surface area (Å²) in [5.41, 5.74) is 6.08. The van der Waals surface area contributed by atoms with Crippen LogP contribution in [0.5, 0.6) is 0 Å². The van der Waals surface area contributed by atoms with Gasteiger partial charge in [0, 0.05) is 34.3 Å². The van der Waals surface area contributed by atoms with E-state index >= 15 is 0 Å². The summed E-state index contributed by atoms with van der Waals surface area (Å²) in [6.45, 7) is 2.21. The number of aromatic nitrogens is 1. The van der Waals surface area contributed by atoms with Gasteiger partial charge < -0.3 is 10.4 Å². The molecule has 0 saturated heterocycles. The number of anilines is 2. The second-order valence-electron chi connectivity index (χ2n) is 6.04. The number of pyridine rings is 1. The third-order valence-corrected chi connectivity index (χ3v) is 4.18. The van der Waals surface area contributed by atoms with E-state index in [9.17, 15) is 0 Å². The van der Waals surface area contributed by atoms with Crippen LogP contribution in [0.25, 0.3) is 11.3 Å². The summed E-state index contributed by atoms with van der Waals surface area (Å²) in [6, 6.07) is 20.1. The molecule has 25 heavy (non-hydrogen) atoms. The van der Waals surface area contributed by atoms with Gasteiger partial charge in [-0.25, -0.2) is 0 Å². The van der Waals surface area contributed by atoms with E-state index in [2.05, 4.69) is 34.6 Å². The Labute approximate surface area is 153 Å². The lowest BCUT2D eigenvalue weighted by Crippen LogP contribution is -1.95. The van der Waals surface area contributed by atoms with Crippen molar-refractivity contribution >= 4 is 23.0 Å². The number of benzene rings is 2. The van der Waals surface area contributed by atoms with Gasteiger partial charge in [0.1, 0.15) is 0 Å². The number of hydrogen-bond donors (Lipinski definition) is 2. The summed E-state index contributed by atoms with van der Waals surface area (Å²) >= 11 is 6.10. The Morgan fingerprint density at radius 1 is 1.00 bits per heavy atom. The fourth-order valence-corrected chi connectivity index (χ4v) is 2.93. The Morgan fingerprint density at radius 3 is 2.52 bits per heavy atom. The molecule has 0 saturated carbocycles. The van der Waals surface area contributed by atoms with E-state index in [4.69, 9.17) is 16.7 Å². The van der Waals surface area contributed by atoms with E-state index in [1.165, 1.54) is 5.56 Å². The normalized spacial score (nSPS) is 10.7. The number of nitrogens with zero attached hydrogens (tertiary/aromatic N) is 1. The minimum atomic E-state index is 0.225. The van der Waals surface area contributed by atoms with Gasteiger partial charge in [-0.05, 0) is 61.7 Å². The first-order valence-corrected chi connectivity index (χ1v) is 8.73. The summed E-state index contributed by atoms with van der Waals surface area (Å²) in [6.07, 6.45) is 1.68. The van der Waals surface area contributed by atoms with Crippen molar-refractivity contribution in [3.63, 3.8) is 0 Å². The van der Waals surface area contributed by atoms with Crippen molar-refractivity contribution in [2.45, 2.75) is 19.8 Å². The van der Waals surface area contributed by atoms with Gasteiger partial charge >= 0.3 is 0 Å². The fraction of sp³-hybridized carbons (Fsp3) is 0.190. The predicted octanol–water partition coefficient (Wildman–Crippen LogP) is 5.38. The van der Waals surface area contributed by atoms with Gasteiger partial charge in [0.2, 0.25) is 0 Å². The summed E-state index contributed by atoms with van der Waals surface area (Å²) < 4.78 is 0. The summed E-state index contributed by atoms with van der Waals surface area (Å²) in [4.78, 5) is 4.61. The molecule has 1 aromatic heterocycles. The van der Waals surface area contributed by atoms with Gasteiger partial charge in [0.05, 0.1) is 5.69 Å². The molecule has 3 rings (SSSR count). The first-order chi connectivity index (χ1) is 12.1. The van der Waals surface area contributed by atoms with Crippen LogP contribution in [-0.2, 0) is 6.42 Å². The van der Waals surface area contributed by atoms with Crippen molar-refractivity contribution in [3.05, 3.63) is 76.9 Å². The van der Waals surface area contributed by atoms with E-state index in [1.807, 2.05) is 43.3 Å². The Kier molecular flexibility index (Phi) is 5.69. The molecule has 2 aromatic carbocycles. The highest BCUT2D eigenvalue weighted by molar-refractivity contribution is 6.30.